The average Bonchev–Trinajstić information content (AvgIpc) is 2.98. The van der Waals surface area contributed by atoms with Gasteiger partial charge in [0.1, 0.15) is 11.2 Å². The Morgan fingerprint density at radius 1 is 1.42 bits per heavy atom. The highest BCUT2D eigenvalue weighted by atomic mass is 32.1. The molecule has 0 aromatic carbocycles. The van der Waals surface area contributed by atoms with Crippen LogP contribution in [-0.2, 0) is 4.74 Å². The topological polar surface area (TPSA) is 74.9 Å². The van der Waals surface area contributed by atoms with Crippen molar-refractivity contribution in [1.29, 1.82) is 0 Å². The maximum atomic E-state index is 9.95. The van der Waals surface area contributed by atoms with E-state index < -0.39 is 18.9 Å². The quantitative estimate of drug-likeness (QED) is 0.740. The lowest BCUT2D eigenvalue weighted by Crippen LogP contribution is -2.22. The summed E-state index contributed by atoms with van der Waals surface area (Å²) in [6.45, 7) is -0.464. The molecule has 19 heavy (non-hydrogen) atoms. The molecule has 2 aromatic heterocycles. The molecule has 0 amide bonds. The van der Waals surface area contributed by atoms with Crippen LogP contribution in [0.3, 0.4) is 0 Å². The minimum absolute atomic E-state index is 0.0225. The summed E-state index contributed by atoms with van der Waals surface area (Å²) in [7, 11) is 0. The van der Waals surface area contributed by atoms with E-state index in [-0.39, 0.29) is 11.5 Å². The molecule has 3 heterocycles. The van der Waals surface area contributed by atoms with Crippen LogP contribution in [0.5, 0.6) is 0 Å². The molecule has 5 nitrogen and oxygen atoms in total. The lowest BCUT2D eigenvalue weighted by atomic mass is 10.2. The monoisotopic (exact) mass is 297 g/mol. The number of ether oxygens (including phenoxy) is 1. The summed E-state index contributed by atoms with van der Waals surface area (Å²) in [5, 5.41) is 31.6. The largest absolute Gasteiger partial charge is 0.506 e. The molecule has 0 saturated carbocycles. The summed E-state index contributed by atoms with van der Waals surface area (Å²) in [4.78, 5) is 0. The molecule has 100 valence electrons. The number of aliphatic hydroxyl groups is 3. The number of pyridine rings is 1. The van der Waals surface area contributed by atoms with Crippen LogP contribution >= 0.6 is 23.6 Å². The van der Waals surface area contributed by atoms with Gasteiger partial charge in [0.05, 0.1) is 4.70 Å². The second kappa shape index (κ2) is 4.61. The molecule has 0 spiro atoms. The normalized spacial score (nSPS) is 23.1. The molecule has 1 aliphatic rings. The van der Waals surface area contributed by atoms with Crippen LogP contribution in [0.1, 0.15) is 6.23 Å². The molecule has 0 saturated heterocycles. The Morgan fingerprint density at radius 2 is 2.21 bits per heavy atom. The molecule has 2 atom stereocenters. The highest BCUT2D eigenvalue weighted by Crippen LogP contribution is 2.33. The molecule has 0 fully saturated rings. The van der Waals surface area contributed by atoms with Gasteiger partial charge in [-0.1, -0.05) is 12.2 Å². The second-order valence-corrected chi connectivity index (χ2v) is 5.46. The van der Waals surface area contributed by atoms with Crippen molar-refractivity contribution in [2.24, 2.45) is 0 Å². The van der Waals surface area contributed by atoms with Crippen molar-refractivity contribution >= 4 is 33.6 Å². The van der Waals surface area contributed by atoms with Crippen LogP contribution < -0.4 is 0 Å². The number of aromatic nitrogens is 1. The van der Waals surface area contributed by atoms with Crippen LogP contribution in [-0.4, -0.2) is 32.6 Å². The van der Waals surface area contributed by atoms with Gasteiger partial charge >= 0.3 is 0 Å². The first kappa shape index (κ1) is 12.6. The molecule has 2 aromatic rings. The third kappa shape index (κ3) is 1.86. The Kier molecular flexibility index (Phi) is 3.06. The molecule has 1 aliphatic heterocycles. The van der Waals surface area contributed by atoms with Crippen LogP contribution in [0, 0.1) is 4.64 Å². The van der Waals surface area contributed by atoms with Crippen LogP contribution in [0.2, 0.25) is 0 Å². The molecular weight excluding hydrogens is 286 g/mol. The number of fused-ring (bicyclic) bond motifs is 1. The molecule has 0 bridgehead atoms. The van der Waals surface area contributed by atoms with Crippen molar-refractivity contribution in [2.75, 3.05) is 6.61 Å². The number of rotatable bonds is 2. The first-order valence-electron chi connectivity index (χ1n) is 5.59. The van der Waals surface area contributed by atoms with Crippen LogP contribution in [0.25, 0.3) is 10.1 Å². The zero-order valence-corrected chi connectivity index (χ0v) is 11.3. The highest BCUT2D eigenvalue weighted by Gasteiger charge is 2.36. The molecule has 0 radical (unpaired) electrons. The zero-order chi connectivity index (χ0) is 13.6. The van der Waals surface area contributed by atoms with E-state index in [2.05, 4.69) is 0 Å². The van der Waals surface area contributed by atoms with Crippen molar-refractivity contribution in [3.63, 3.8) is 0 Å². The summed E-state index contributed by atoms with van der Waals surface area (Å²) < 4.78 is 8.39. The molecular formula is C12H11NO4S2. The van der Waals surface area contributed by atoms with Crippen molar-refractivity contribution in [3.8, 4) is 0 Å². The third-order valence-corrected chi connectivity index (χ3v) is 4.54. The lowest BCUT2D eigenvalue weighted by Gasteiger charge is -2.19. The number of thiophene rings is 1. The van der Waals surface area contributed by atoms with E-state index in [1.54, 1.807) is 10.8 Å². The summed E-state index contributed by atoms with van der Waals surface area (Å²) in [5.74, 6) is -0.369. The molecule has 3 N–H and O–H groups in total. The smallest absolute Gasteiger partial charge is 0.210 e. The van der Waals surface area contributed by atoms with Gasteiger partial charge in [0.15, 0.2) is 17.6 Å². The molecule has 7 heteroatoms. The molecule has 1 unspecified atom stereocenters. The van der Waals surface area contributed by atoms with Crippen molar-refractivity contribution in [2.45, 2.75) is 12.3 Å². The van der Waals surface area contributed by atoms with Gasteiger partial charge < -0.3 is 20.1 Å². The Labute approximate surface area is 117 Å². The standard InChI is InChI=1S/C12H11NO4S2/c14-5-7-8(15)9(16)11(17-7)13-3-1-6-2-4-19-10(6)12(13)18/h1-4,9,11,14-16H,5H2/t9?,11-/m1/s1. The summed E-state index contributed by atoms with van der Waals surface area (Å²) in [6.07, 6.45) is -0.369. The lowest BCUT2D eigenvalue weighted by molar-refractivity contribution is -0.0149. The van der Waals surface area contributed by atoms with Gasteiger partial charge in [-0.15, -0.1) is 11.3 Å². The predicted molar refractivity (Wildman–Crippen MR) is 73.5 cm³/mol. The van der Waals surface area contributed by atoms with E-state index in [0.29, 0.717) is 4.64 Å². The molecule has 0 aliphatic carbocycles. The van der Waals surface area contributed by atoms with E-state index in [1.807, 2.05) is 17.5 Å². The fourth-order valence-corrected chi connectivity index (χ4v) is 3.32. The summed E-state index contributed by atoms with van der Waals surface area (Å²) in [6, 6.07) is 3.83. The Balaban J connectivity index is 2.07. The molecule has 3 rings (SSSR count). The van der Waals surface area contributed by atoms with Gasteiger partial charge in [-0.2, -0.15) is 0 Å². The van der Waals surface area contributed by atoms with Crippen molar-refractivity contribution in [3.05, 3.63) is 39.9 Å². The SMILES string of the molecule is OCC1=C(O)C(O)[C@H](n2ccc3ccsc3c2=S)O1. The van der Waals surface area contributed by atoms with Crippen molar-refractivity contribution < 1.29 is 20.1 Å². The van der Waals surface area contributed by atoms with E-state index in [0.717, 1.165) is 10.1 Å². The Morgan fingerprint density at radius 3 is 2.89 bits per heavy atom. The van der Waals surface area contributed by atoms with E-state index >= 15 is 0 Å². The van der Waals surface area contributed by atoms with Crippen LogP contribution in [0.15, 0.2) is 35.2 Å². The first-order chi connectivity index (χ1) is 9.13. The van der Waals surface area contributed by atoms with Crippen molar-refractivity contribution in [1.82, 2.24) is 4.57 Å². The fraction of sp³-hybridized carbons (Fsp3) is 0.250. The van der Waals surface area contributed by atoms with Gasteiger partial charge in [-0.3, -0.25) is 4.57 Å². The predicted octanol–water partition coefficient (Wildman–Crippen LogP) is 2.08. The van der Waals surface area contributed by atoms with E-state index in [1.165, 1.54) is 11.3 Å². The number of hydrogen-bond acceptors (Lipinski definition) is 6. The average molecular weight is 297 g/mol. The van der Waals surface area contributed by atoms with E-state index in [4.69, 9.17) is 22.1 Å². The van der Waals surface area contributed by atoms with Gasteiger partial charge in [0.25, 0.3) is 0 Å². The second-order valence-electron chi connectivity index (χ2n) is 4.15. The van der Waals surface area contributed by atoms with Gasteiger partial charge in [-0.25, -0.2) is 0 Å². The Hall–Kier alpha value is -1.41. The van der Waals surface area contributed by atoms with Gasteiger partial charge in [0.2, 0.25) is 6.23 Å². The third-order valence-electron chi connectivity index (χ3n) is 3.06. The fourth-order valence-electron chi connectivity index (χ4n) is 2.07. The van der Waals surface area contributed by atoms with Gasteiger partial charge in [0, 0.05) is 6.20 Å². The van der Waals surface area contributed by atoms with Crippen LogP contribution in [0.4, 0.5) is 0 Å². The zero-order valence-electron chi connectivity index (χ0n) is 9.68. The highest BCUT2D eigenvalue weighted by molar-refractivity contribution is 7.71. The van der Waals surface area contributed by atoms with E-state index in [9.17, 15) is 10.2 Å². The minimum atomic E-state index is -1.23. The maximum Gasteiger partial charge on any atom is 0.210 e. The first-order valence-corrected chi connectivity index (χ1v) is 6.88. The maximum absolute atomic E-state index is 9.95. The number of hydrogen-bond donors (Lipinski definition) is 3. The van der Waals surface area contributed by atoms with Gasteiger partial charge in [-0.05, 0) is 22.9 Å². The summed E-state index contributed by atoms with van der Waals surface area (Å²) in [5.41, 5.74) is 0. The minimum Gasteiger partial charge on any atom is -0.506 e. The number of nitrogens with zero attached hydrogens (tertiary/aromatic N) is 1. The summed E-state index contributed by atoms with van der Waals surface area (Å²) >= 11 is 6.88. The number of aliphatic hydroxyl groups excluding tert-OH is 3. The Bertz CT molecular complexity index is 718.